The summed E-state index contributed by atoms with van der Waals surface area (Å²) in [5.74, 6) is 2.33. The molecule has 0 N–H and O–H groups in total. The molecule has 0 radical (unpaired) electrons. The molecule has 0 saturated heterocycles. The Bertz CT molecular complexity index is 2630. The van der Waals surface area contributed by atoms with Gasteiger partial charge in [-0.25, -0.2) is 0 Å². The zero-order valence-corrected chi connectivity index (χ0v) is 32.6. The van der Waals surface area contributed by atoms with Crippen molar-refractivity contribution in [3.63, 3.8) is 0 Å². The van der Waals surface area contributed by atoms with Crippen LogP contribution < -0.4 is 21.1 Å². The van der Waals surface area contributed by atoms with Gasteiger partial charge in [0.2, 0.25) is 0 Å². The summed E-state index contributed by atoms with van der Waals surface area (Å²) in [5, 5.41) is 2.61. The Hall–Kier alpha value is -5.02. The van der Waals surface area contributed by atoms with Crippen LogP contribution in [0.3, 0.4) is 0 Å². The van der Waals surface area contributed by atoms with Crippen molar-refractivity contribution in [2.24, 2.45) is 0 Å². The largest absolute Gasteiger partial charge is 0.458 e. The number of nitrogens with zero attached hydrogens (tertiary/aromatic N) is 1. The van der Waals surface area contributed by atoms with E-state index in [4.69, 9.17) is 4.74 Å². The van der Waals surface area contributed by atoms with Crippen LogP contribution in [0.5, 0.6) is 11.5 Å². The number of hydrogen-bond donors (Lipinski definition) is 0. The third-order valence-corrected chi connectivity index (χ3v) is 11.9. The number of aryl methyl sites for hydroxylation is 6. The quantitative estimate of drug-likeness (QED) is 0.170. The number of ether oxygens (including phenoxy) is 1. The molecular formula is C49H48BNO. The van der Waals surface area contributed by atoms with Gasteiger partial charge in [0.25, 0.3) is 6.71 Å². The van der Waals surface area contributed by atoms with Crippen LogP contribution in [0.2, 0.25) is 0 Å². The highest BCUT2D eigenvalue weighted by molar-refractivity contribution is 6.99. The van der Waals surface area contributed by atoms with Crippen molar-refractivity contribution in [2.45, 2.75) is 87.5 Å². The highest BCUT2D eigenvalue weighted by Crippen LogP contribution is 2.43. The summed E-state index contributed by atoms with van der Waals surface area (Å²) in [7, 11) is 0. The zero-order chi connectivity index (χ0) is 36.5. The van der Waals surface area contributed by atoms with Gasteiger partial charge in [-0.05, 0) is 161 Å². The Balaban J connectivity index is 1.44. The summed E-state index contributed by atoms with van der Waals surface area (Å²) in [6.07, 6.45) is 0. The lowest BCUT2D eigenvalue weighted by Gasteiger charge is -2.35. The average Bonchev–Trinajstić information content (AvgIpc) is 3.38. The van der Waals surface area contributed by atoms with Gasteiger partial charge in [-0.2, -0.15) is 0 Å². The normalized spacial score (nSPS) is 13.2. The van der Waals surface area contributed by atoms with E-state index in [0.29, 0.717) is 5.92 Å². The molecule has 7 aromatic rings. The number of aromatic nitrogens is 1. The second-order valence-electron chi connectivity index (χ2n) is 17.2. The van der Waals surface area contributed by atoms with Crippen molar-refractivity contribution in [1.29, 1.82) is 0 Å². The first-order valence-corrected chi connectivity index (χ1v) is 19.0. The first kappa shape index (κ1) is 32.9. The van der Waals surface area contributed by atoms with E-state index in [1.807, 2.05) is 0 Å². The van der Waals surface area contributed by atoms with Crippen molar-refractivity contribution in [1.82, 2.24) is 4.57 Å². The molecule has 0 atom stereocenters. The molecule has 0 spiro atoms. The minimum Gasteiger partial charge on any atom is -0.458 e. The smallest absolute Gasteiger partial charge is 0.256 e. The summed E-state index contributed by atoms with van der Waals surface area (Å²) in [6.45, 7) is 24.9. The van der Waals surface area contributed by atoms with Crippen LogP contribution in [0.25, 0.3) is 49.7 Å². The van der Waals surface area contributed by atoms with E-state index in [1.165, 1.54) is 111 Å². The molecule has 3 heterocycles. The Labute approximate surface area is 309 Å². The van der Waals surface area contributed by atoms with Gasteiger partial charge in [-0.3, -0.25) is 0 Å². The van der Waals surface area contributed by atoms with Gasteiger partial charge >= 0.3 is 0 Å². The topological polar surface area (TPSA) is 14.2 Å². The molecule has 0 aliphatic carbocycles. The van der Waals surface area contributed by atoms with Crippen molar-refractivity contribution in [2.75, 3.05) is 0 Å². The lowest BCUT2D eigenvalue weighted by atomic mass is 9.34. The molecule has 6 aromatic carbocycles. The van der Waals surface area contributed by atoms with E-state index in [1.54, 1.807) is 0 Å². The SMILES string of the molecule is Cc1cc(C)c(-c2ccc3c(c2)c2cc(-c4c(C)cc(C)cc4C)cc4c2n3-c2cc(C(C)C)cc3c2B4c2ccc(C(C)(C)C)cc2O3)c(C)c1. The minimum absolute atomic E-state index is 0.0160. The van der Waals surface area contributed by atoms with E-state index in [2.05, 4.69) is 166 Å². The van der Waals surface area contributed by atoms with Gasteiger partial charge in [-0.1, -0.05) is 94.3 Å². The highest BCUT2D eigenvalue weighted by Gasteiger charge is 2.41. The maximum Gasteiger partial charge on any atom is 0.256 e. The molecule has 0 unspecified atom stereocenters. The van der Waals surface area contributed by atoms with Crippen LogP contribution in [0.15, 0.2) is 84.9 Å². The standard InChI is InChI=1S/C49H48BNO/c1-26(2)34-23-42-47-44(24-34)52-43-25-36(49(9,10)11)13-14-39(43)50(47)40-22-35(46-31(7)18-28(4)19-32(46)8)21-38-37-20-33(12-15-41(37)51(42)48(38)40)45-29(5)16-27(3)17-30(45)6/h12-26H,1-11H3. The lowest BCUT2D eigenvalue weighted by molar-refractivity contribution is 0.482. The second kappa shape index (κ2) is 11.2. The fraction of sp³-hybridized carbons (Fsp3) is 0.265. The maximum atomic E-state index is 7.02. The summed E-state index contributed by atoms with van der Waals surface area (Å²) in [4.78, 5) is 0. The van der Waals surface area contributed by atoms with Crippen molar-refractivity contribution in [3.05, 3.63) is 129 Å². The number of fused-ring (bicyclic) bond motifs is 7. The first-order valence-electron chi connectivity index (χ1n) is 19.0. The number of rotatable bonds is 3. The Morgan fingerprint density at radius 1 is 0.596 bits per heavy atom. The first-order chi connectivity index (χ1) is 24.7. The predicted molar refractivity (Wildman–Crippen MR) is 224 cm³/mol. The third kappa shape index (κ3) is 4.78. The fourth-order valence-electron chi connectivity index (χ4n) is 9.67. The molecule has 0 bridgehead atoms. The predicted octanol–water partition coefficient (Wildman–Crippen LogP) is 11.3. The van der Waals surface area contributed by atoms with Crippen LogP contribution in [-0.2, 0) is 5.41 Å². The molecule has 0 fully saturated rings. The number of hydrogen-bond acceptors (Lipinski definition) is 1. The molecule has 2 aliphatic rings. The molecule has 52 heavy (non-hydrogen) atoms. The molecule has 258 valence electrons. The molecule has 0 saturated carbocycles. The molecule has 3 heteroatoms. The van der Waals surface area contributed by atoms with Crippen molar-refractivity contribution < 1.29 is 4.74 Å². The van der Waals surface area contributed by atoms with E-state index < -0.39 is 0 Å². The Morgan fingerprint density at radius 2 is 1.21 bits per heavy atom. The van der Waals surface area contributed by atoms with Gasteiger partial charge in [0.15, 0.2) is 0 Å². The van der Waals surface area contributed by atoms with Crippen molar-refractivity contribution in [3.8, 4) is 39.4 Å². The molecule has 2 aliphatic heterocycles. The maximum absolute atomic E-state index is 7.02. The van der Waals surface area contributed by atoms with E-state index in [9.17, 15) is 0 Å². The summed E-state index contributed by atoms with van der Waals surface area (Å²) >= 11 is 0. The van der Waals surface area contributed by atoms with Gasteiger partial charge in [-0.15, -0.1) is 0 Å². The van der Waals surface area contributed by atoms with Crippen LogP contribution in [-0.4, -0.2) is 11.3 Å². The van der Waals surface area contributed by atoms with Crippen LogP contribution in [0, 0.1) is 41.5 Å². The molecule has 1 aromatic heterocycles. The third-order valence-electron chi connectivity index (χ3n) is 11.9. The van der Waals surface area contributed by atoms with Crippen LogP contribution in [0.1, 0.15) is 85.0 Å². The van der Waals surface area contributed by atoms with Crippen LogP contribution >= 0.6 is 0 Å². The summed E-state index contributed by atoms with van der Waals surface area (Å²) in [6, 6.07) is 33.2. The van der Waals surface area contributed by atoms with E-state index in [-0.39, 0.29) is 12.1 Å². The van der Waals surface area contributed by atoms with E-state index in [0.717, 1.165) is 11.5 Å². The fourth-order valence-corrected chi connectivity index (χ4v) is 9.67. The Kier molecular flexibility index (Phi) is 7.10. The summed E-state index contributed by atoms with van der Waals surface area (Å²) in [5.41, 5.74) is 23.4. The zero-order valence-electron chi connectivity index (χ0n) is 32.6. The second-order valence-corrected chi connectivity index (χ2v) is 17.2. The van der Waals surface area contributed by atoms with Crippen molar-refractivity contribution >= 4 is 44.9 Å². The lowest BCUT2D eigenvalue weighted by Crippen LogP contribution is -2.58. The molecule has 2 nitrogen and oxygen atoms in total. The van der Waals surface area contributed by atoms with Gasteiger partial charge in [0.05, 0.1) is 5.52 Å². The minimum atomic E-state index is 0.0160. The number of benzene rings is 6. The van der Waals surface area contributed by atoms with Crippen LogP contribution in [0.4, 0.5) is 0 Å². The highest BCUT2D eigenvalue weighted by atomic mass is 16.5. The van der Waals surface area contributed by atoms with Gasteiger partial charge in [0, 0.05) is 22.0 Å². The molecular weight excluding hydrogens is 629 g/mol. The molecule has 0 amide bonds. The average molecular weight is 678 g/mol. The summed E-state index contributed by atoms with van der Waals surface area (Å²) < 4.78 is 9.58. The van der Waals surface area contributed by atoms with E-state index >= 15 is 0 Å². The van der Waals surface area contributed by atoms with Gasteiger partial charge in [0.1, 0.15) is 11.5 Å². The molecule has 9 rings (SSSR count). The Morgan fingerprint density at radius 3 is 1.83 bits per heavy atom. The monoisotopic (exact) mass is 677 g/mol. The van der Waals surface area contributed by atoms with Gasteiger partial charge < -0.3 is 9.30 Å².